The summed E-state index contributed by atoms with van der Waals surface area (Å²) in [5.74, 6) is 0.662. The molecule has 1 heterocycles. The number of benzene rings is 1. The molecule has 0 spiro atoms. The highest BCUT2D eigenvalue weighted by Crippen LogP contribution is 2.23. The molecule has 0 aliphatic heterocycles. The molecule has 138 valence electrons. The zero-order valence-corrected chi connectivity index (χ0v) is 15.7. The van der Waals surface area contributed by atoms with E-state index in [0.29, 0.717) is 23.3 Å². The van der Waals surface area contributed by atoms with Crippen molar-refractivity contribution in [3.8, 4) is 11.4 Å². The molecule has 0 saturated heterocycles. The summed E-state index contributed by atoms with van der Waals surface area (Å²) >= 11 is 1.35. The lowest BCUT2D eigenvalue weighted by molar-refractivity contribution is -0.118. The molecule has 5 nitrogen and oxygen atoms in total. The van der Waals surface area contributed by atoms with Crippen molar-refractivity contribution in [2.45, 2.75) is 37.3 Å². The number of halogens is 1. The molecule has 1 amide bonds. The van der Waals surface area contributed by atoms with Crippen molar-refractivity contribution in [3.05, 3.63) is 41.7 Å². The Balaban J connectivity index is 1.47. The van der Waals surface area contributed by atoms with Crippen molar-refractivity contribution < 1.29 is 9.18 Å². The van der Waals surface area contributed by atoms with Gasteiger partial charge in [0, 0.05) is 19.2 Å². The van der Waals surface area contributed by atoms with Crippen LogP contribution in [0.25, 0.3) is 11.4 Å². The largest absolute Gasteiger partial charge is 0.355 e. The predicted molar refractivity (Wildman–Crippen MR) is 101 cm³/mol. The van der Waals surface area contributed by atoms with Gasteiger partial charge in [0.15, 0.2) is 11.0 Å². The maximum atomic E-state index is 13.0. The first-order valence-electron chi connectivity index (χ1n) is 8.86. The van der Waals surface area contributed by atoms with E-state index in [0.717, 1.165) is 18.4 Å². The van der Waals surface area contributed by atoms with Gasteiger partial charge in [-0.2, -0.15) is 0 Å². The third-order valence-electron chi connectivity index (χ3n) is 4.42. The van der Waals surface area contributed by atoms with Gasteiger partial charge in [0.25, 0.3) is 0 Å². The van der Waals surface area contributed by atoms with Crippen molar-refractivity contribution in [2.75, 3.05) is 12.3 Å². The lowest BCUT2D eigenvalue weighted by Gasteiger charge is -2.12. The number of rotatable bonds is 7. The Morgan fingerprint density at radius 2 is 2.08 bits per heavy atom. The fourth-order valence-electron chi connectivity index (χ4n) is 2.97. The van der Waals surface area contributed by atoms with Gasteiger partial charge in [0.1, 0.15) is 5.82 Å². The van der Waals surface area contributed by atoms with E-state index >= 15 is 0 Å². The summed E-state index contributed by atoms with van der Waals surface area (Å²) in [6, 6.07) is 6.12. The average Bonchev–Trinajstić information content (AvgIpc) is 3.02. The maximum absolute atomic E-state index is 13.0. The summed E-state index contributed by atoms with van der Waals surface area (Å²) in [6.45, 7) is 0.685. The highest BCUT2D eigenvalue weighted by atomic mass is 32.2. The zero-order chi connectivity index (χ0) is 18.4. The SMILES string of the molecule is Cn1c(SCC(=O)NCCC2=CCCCC2)nnc1-c1ccc(F)cc1. The van der Waals surface area contributed by atoms with Gasteiger partial charge in [-0.05, 0) is 56.4 Å². The van der Waals surface area contributed by atoms with Crippen molar-refractivity contribution in [1.82, 2.24) is 20.1 Å². The Morgan fingerprint density at radius 1 is 1.27 bits per heavy atom. The molecule has 2 aromatic rings. The molecular weight excluding hydrogens is 351 g/mol. The highest BCUT2D eigenvalue weighted by Gasteiger charge is 2.13. The zero-order valence-electron chi connectivity index (χ0n) is 14.9. The molecule has 0 unspecified atom stereocenters. The van der Waals surface area contributed by atoms with Crippen LogP contribution in [-0.2, 0) is 11.8 Å². The smallest absolute Gasteiger partial charge is 0.230 e. The minimum atomic E-state index is -0.286. The number of nitrogens with zero attached hydrogens (tertiary/aromatic N) is 3. The lowest BCUT2D eigenvalue weighted by atomic mass is 9.97. The van der Waals surface area contributed by atoms with Crippen LogP contribution < -0.4 is 5.32 Å². The number of thioether (sulfide) groups is 1. The van der Waals surface area contributed by atoms with Crippen molar-refractivity contribution in [3.63, 3.8) is 0 Å². The highest BCUT2D eigenvalue weighted by molar-refractivity contribution is 7.99. The molecule has 0 bridgehead atoms. The molecular formula is C19H23FN4OS. The molecule has 0 saturated carbocycles. The average molecular weight is 374 g/mol. The number of amides is 1. The van der Waals surface area contributed by atoms with Gasteiger partial charge < -0.3 is 9.88 Å². The number of allylic oxidation sites excluding steroid dienone is 1. The fourth-order valence-corrected chi connectivity index (χ4v) is 3.71. The summed E-state index contributed by atoms with van der Waals surface area (Å²) in [7, 11) is 1.84. The van der Waals surface area contributed by atoms with E-state index in [1.807, 2.05) is 11.6 Å². The minimum Gasteiger partial charge on any atom is -0.355 e. The molecule has 26 heavy (non-hydrogen) atoms. The van der Waals surface area contributed by atoms with Crippen molar-refractivity contribution in [1.29, 1.82) is 0 Å². The quantitative estimate of drug-likeness (QED) is 0.593. The molecule has 0 fully saturated rings. The van der Waals surface area contributed by atoms with E-state index in [9.17, 15) is 9.18 Å². The maximum Gasteiger partial charge on any atom is 0.230 e. The molecule has 1 aliphatic rings. The van der Waals surface area contributed by atoms with Crippen LogP contribution in [-0.4, -0.2) is 33.0 Å². The third-order valence-corrected chi connectivity index (χ3v) is 5.44. The fraction of sp³-hybridized carbons (Fsp3) is 0.421. The van der Waals surface area contributed by atoms with Crippen molar-refractivity contribution in [2.24, 2.45) is 7.05 Å². The number of carbonyl (C=O) groups excluding carboxylic acids is 1. The molecule has 1 aliphatic carbocycles. The lowest BCUT2D eigenvalue weighted by Crippen LogP contribution is -2.26. The van der Waals surface area contributed by atoms with Crippen LogP contribution in [0, 0.1) is 5.82 Å². The molecule has 1 N–H and O–H groups in total. The standard InChI is InChI=1S/C19H23FN4OS/c1-24-18(15-7-9-16(20)10-8-15)22-23-19(24)26-13-17(25)21-12-11-14-5-3-2-4-6-14/h5,7-10H,2-4,6,11-13H2,1H3,(H,21,25). The number of hydrogen-bond acceptors (Lipinski definition) is 4. The van der Waals surface area contributed by atoms with E-state index in [1.165, 1.54) is 48.7 Å². The molecule has 1 aromatic heterocycles. The van der Waals surface area contributed by atoms with Gasteiger partial charge in [0.2, 0.25) is 5.91 Å². The first kappa shape index (κ1) is 18.6. The van der Waals surface area contributed by atoms with Gasteiger partial charge in [-0.3, -0.25) is 4.79 Å². The van der Waals surface area contributed by atoms with Crippen LogP contribution in [0.1, 0.15) is 32.1 Å². The monoisotopic (exact) mass is 374 g/mol. The Kier molecular flexibility index (Phi) is 6.44. The Morgan fingerprint density at radius 3 is 2.81 bits per heavy atom. The summed E-state index contributed by atoms with van der Waals surface area (Å²) in [6.07, 6.45) is 8.12. The van der Waals surface area contributed by atoms with E-state index in [1.54, 1.807) is 12.1 Å². The van der Waals surface area contributed by atoms with Gasteiger partial charge >= 0.3 is 0 Å². The number of carbonyl (C=O) groups is 1. The van der Waals surface area contributed by atoms with Crippen LogP contribution in [0.15, 0.2) is 41.1 Å². The van der Waals surface area contributed by atoms with Gasteiger partial charge in [0.05, 0.1) is 5.75 Å². The van der Waals surface area contributed by atoms with Crippen LogP contribution in [0.5, 0.6) is 0 Å². The topological polar surface area (TPSA) is 59.8 Å². The van der Waals surface area contributed by atoms with Gasteiger partial charge in [-0.25, -0.2) is 4.39 Å². The molecule has 7 heteroatoms. The Labute approximate surface area is 157 Å². The summed E-state index contributed by atoms with van der Waals surface area (Å²) in [5.41, 5.74) is 2.25. The third kappa shape index (κ3) is 4.94. The first-order valence-corrected chi connectivity index (χ1v) is 9.85. The van der Waals surface area contributed by atoms with Gasteiger partial charge in [-0.15, -0.1) is 10.2 Å². The number of hydrogen-bond donors (Lipinski definition) is 1. The van der Waals surface area contributed by atoms with Crippen LogP contribution in [0.3, 0.4) is 0 Å². The summed E-state index contributed by atoms with van der Waals surface area (Å²) in [5, 5.41) is 11.9. The van der Waals surface area contributed by atoms with Crippen molar-refractivity contribution >= 4 is 17.7 Å². The number of aromatic nitrogens is 3. The second-order valence-electron chi connectivity index (χ2n) is 6.37. The molecule has 1 aromatic carbocycles. The minimum absolute atomic E-state index is 0.00209. The van der Waals surface area contributed by atoms with E-state index in [-0.39, 0.29) is 11.7 Å². The summed E-state index contributed by atoms with van der Waals surface area (Å²) < 4.78 is 14.9. The van der Waals surface area contributed by atoms with E-state index < -0.39 is 0 Å². The van der Waals surface area contributed by atoms with Crippen LogP contribution in [0.2, 0.25) is 0 Å². The second kappa shape index (κ2) is 8.98. The molecule has 0 atom stereocenters. The molecule has 0 radical (unpaired) electrons. The summed E-state index contributed by atoms with van der Waals surface area (Å²) in [4.78, 5) is 12.0. The van der Waals surface area contributed by atoms with Crippen LogP contribution in [0.4, 0.5) is 4.39 Å². The normalized spacial score (nSPS) is 14.2. The van der Waals surface area contributed by atoms with Gasteiger partial charge in [-0.1, -0.05) is 23.4 Å². The second-order valence-corrected chi connectivity index (χ2v) is 7.31. The van der Waals surface area contributed by atoms with Crippen LogP contribution >= 0.6 is 11.8 Å². The van der Waals surface area contributed by atoms with E-state index in [4.69, 9.17) is 0 Å². The first-order chi connectivity index (χ1) is 12.6. The molecule has 3 rings (SSSR count). The van der Waals surface area contributed by atoms with E-state index in [2.05, 4.69) is 21.6 Å². The Hall–Kier alpha value is -2.15. The number of nitrogens with one attached hydrogen (secondary N) is 1. The Bertz CT molecular complexity index is 785. The predicted octanol–water partition coefficient (Wildman–Crippen LogP) is 3.72.